The van der Waals surface area contributed by atoms with E-state index in [1.54, 1.807) is 24.1 Å². The van der Waals surface area contributed by atoms with E-state index in [2.05, 4.69) is 33.0 Å². The van der Waals surface area contributed by atoms with E-state index in [-0.39, 0.29) is 17.4 Å². The number of halogens is 1. The summed E-state index contributed by atoms with van der Waals surface area (Å²) >= 11 is 0. The summed E-state index contributed by atoms with van der Waals surface area (Å²) in [6, 6.07) is 14.8. The number of tetrazole rings is 1. The summed E-state index contributed by atoms with van der Waals surface area (Å²) in [6.45, 7) is 1.92. The molecular weight excluding hydrogens is 411 g/mol. The van der Waals surface area contributed by atoms with Gasteiger partial charge in [-0.1, -0.05) is 41.5 Å². The fourth-order valence-corrected chi connectivity index (χ4v) is 4.65. The molecule has 5 rings (SSSR count). The van der Waals surface area contributed by atoms with Crippen molar-refractivity contribution in [2.45, 2.75) is 30.8 Å². The van der Waals surface area contributed by atoms with Crippen LogP contribution in [0.2, 0.25) is 0 Å². The molecule has 2 aliphatic rings. The van der Waals surface area contributed by atoms with E-state index in [4.69, 9.17) is 4.74 Å². The number of urea groups is 1. The zero-order valence-corrected chi connectivity index (χ0v) is 17.9. The number of anilines is 1. The van der Waals surface area contributed by atoms with Crippen LogP contribution in [0.25, 0.3) is 11.1 Å². The fraction of sp³-hybridized carbons (Fsp3) is 0.391. The third-order valence-corrected chi connectivity index (χ3v) is 6.55. The smallest absolute Gasteiger partial charge is 0.324 e. The first-order valence-corrected chi connectivity index (χ1v) is 10.8. The van der Waals surface area contributed by atoms with E-state index in [0.29, 0.717) is 31.6 Å². The first-order chi connectivity index (χ1) is 15.5. The lowest BCUT2D eigenvalue weighted by atomic mass is 9.83. The van der Waals surface area contributed by atoms with Gasteiger partial charge in [0.1, 0.15) is 5.82 Å². The summed E-state index contributed by atoms with van der Waals surface area (Å²) in [5.41, 5.74) is 3.12. The molecule has 8 nitrogen and oxygen atoms in total. The second kappa shape index (κ2) is 8.31. The van der Waals surface area contributed by atoms with Crippen molar-refractivity contribution in [3.05, 3.63) is 59.9 Å². The van der Waals surface area contributed by atoms with Gasteiger partial charge in [-0.3, -0.25) is 5.32 Å². The van der Waals surface area contributed by atoms with E-state index in [0.717, 1.165) is 30.4 Å². The molecule has 166 valence electrons. The number of hydrogen-bond donors (Lipinski definition) is 1. The third kappa shape index (κ3) is 4.08. The Balaban J connectivity index is 1.21. The number of aryl methyl sites for hydroxylation is 1. The molecule has 1 atom stereocenters. The molecular formula is C23H25FN6O2. The Morgan fingerprint density at radius 1 is 1.16 bits per heavy atom. The predicted molar refractivity (Wildman–Crippen MR) is 117 cm³/mol. The summed E-state index contributed by atoms with van der Waals surface area (Å²) in [5.74, 6) is 0.401. The van der Waals surface area contributed by atoms with Crippen molar-refractivity contribution in [2.24, 2.45) is 7.05 Å². The number of nitrogens with zero attached hydrogens (tertiary/aromatic N) is 5. The highest BCUT2D eigenvalue weighted by Crippen LogP contribution is 2.43. The maximum Gasteiger partial charge on any atom is 0.324 e. The van der Waals surface area contributed by atoms with Gasteiger partial charge in [0.2, 0.25) is 0 Å². The molecule has 2 saturated heterocycles. The molecule has 1 aromatic heterocycles. The lowest BCUT2D eigenvalue weighted by Gasteiger charge is -2.38. The van der Waals surface area contributed by atoms with Gasteiger partial charge in [0.05, 0.1) is 12.2 Å². The number of likely N-dealkylation sites (tertiary alicyclic amines) is 1. The summed E-state index contributed by atoms with van der Waals surface area (Å²) < 4.78 is 21.0. The zero-order chi connectivity index (χ0) is 22.1. The molecule has 2 amide bonds. The average molecular weight is 436 g/mol. The van der Waals surface area contributed by atoms with Crippen LogP contribution in [0.15, 0.2) is 48.5 Å². The van der Waals surface area contributed by atoms with Crippen molar-refractivity contribution in [3.8, 4) is 11.1 Å². The van der Waals surface area contributed by atoms with Crippen molar-refractivity contribution >= 4 is 12.0 Å². The van der Waals surface area contributed by atoms with Crippen LogP contribution in [0.4, 0.5) is 15.1 Å². The van der Waals surface area contributed by atoms with Crippen molar-refractivity contribution in [1.29, 1.82) is 0 Å². The Kier molecular flexibility index (Phi) is 5.34. The lowest BCUT2D eigenvalue weighted by Crippen LogP contribution is -2.48. The largest absolute Gasteiger partial charge is 0.374 e. The van der Waals surface area contributed by atoms with Crippen LogP contribution < -0.4 is 5.32 Å². The number of nitrogens with one attached hydrogen (secondary N) is 1. The Morgan fingerprint density at radius 3 is 2.66 bits per heavy atom. The Hall–Kier alpha value is -3.33. The van der Waals surface area contributed by atoms with Gasteiger partial charge in [0.15, 0.2) is 0 Å². The highest BCUT2D eigenvalue weighted by Gasteiger charge is 2.43. The van der Waals surface area contributed by atoms with Crippen LogP contribution in [-0.2, 0) is 11.8 Å². The summed E-state index contributed by atoms with van der Waals surface area (Å²) in [5, 5.41) is 13.8. The standard InChI is InChI=1S/C23H25FN6O2/c1-29-21(26-27-28-29)25-22(31)30-11-9-23(10-12-30)14-19(15-32-23)18-4-2-3-17(13-18)16-5-7-20(24)8-6-16/h2-8,13,19H,9-12,14-15H2,1H3,(H,25,26,28,31)/t19-/m0/s1. The first kappa shape index (κ1) is 20.6. The summed E-state index contributed by atoms with van der Waals surface area (Å²) in [6.07, 6.45) is 2.53. The molecule has 1 N–H and O–H groups in total. The SMILES string of the molecule is Cn1nnnc1NC(=O)N1CCC2(CC1)C[C@H](c1cccc(-c3ccc(F)cc3)c1)CO2. The predicted octanol–water partition coefficient (Wildman–Crippen LogP) is 3.59. The molecule has 3 heterocycles. The van der Waals surface area contributed by atoms with Crippen LogP contribution >= 0.6 is 0 Å². The van der Waals surface area contributed by atoms with E-state index in [9.17, 15) is 9.18 Å². The maximum atomic E-state index is 13.3. The van der Waals surface area contributed by atoms with E-state index >= 15 is 0 Å². The van der Waals surface area contributed by atoms with Crippen LogP contribution in [0, 0.1) is 5.82 Å². The van der Waals surface area contributed by atoms with E-state index in [1.807, 2.05) is 12.1 Å². The van der Waals surface area contributed by atoms with E-state index < -0.39 is 0 Å². The Labute approximate surface area is 185 Å². The molecule has 0 bridgehead atoms. The van der Waals surface area contributed by atoms with Gasteiger partial charge < -0.3 is 9.64 Å². The van der Waals surface area contributed by atoms with Crippen molar-refractivity contribution in [1.82, 2.24) is 25.1 Å². The monoisotopic (exact) mass is 436 g/mol. The molecule has 32 heavy (non-hydrogen) atoms. The quantitative estimate of drug-likeness (QED) is 0.678. The number of aromatic nitrogens is 4. The molecule has 0 aliphatic carbocycles. The lowest BCUT2D eigenvalue weighted by molar-refractivity contribution is -0.0355. The number of ether oxygens (including phenoxy) is 1. The second-order valence-electron chi connectivity index (χ2n) is 8.57. The fourth-order valence-electron chi connectivity index (χ4n) is 4.65. The number of rotatable bonds is 3. The Bertz CT molecular complexity index is 1110. The minimum atomic E-state index is -0.232. The van der Waals surface area contributed by atoms with Crippen molar-refractivity contribution < 1.29 is 13.9 Å². The highest BCUT2D eigenvalue weighted by atomic mass is 19.1. The van der Waals surface area contributed by atoms with Gasteiger partial charge in [-0.15, -0.1) is 0 Å². The molecule has 2 fully saturated rings. The first-order valence-electron chi connectivity index (χ1n) is 10.8. The topological polar surface area (TPSA) is 85.2 Å². The van der Waals surface area contributed by atoms with Gasteiger partial charge in [0, 0.05) is 26.1 Å². The highest BCUT2D eigenvalue weighted by molar-refractivity contribution is 5.87. The van der Waals surface area contributed by atoms with Gasteiger partial charge in [-0.05, 0) is 58.5 Å². The number of carbonyl (C=O) groups is 1. The number of piperidine rings is 1. The van der Waals surface area contributed by atoms with Crippen LogP contribution in [0.3, 0.4) is 0 Å². The van der Waals surface area contributed by atoms with Crippen LogP contribution in [-0.4, -0.2) is 56.4 Å². The zero-order valence-electron chi connectivity index (χ0n) is 17.9. The molecule has 0 radical (unpaired) electrons. The normalized spacial score (nSPS) is 19.9. The number of hydrogen-bond acceptors (Lipinski definition) is 5. The summed E-state index contributed by atoms with van der Waals surface area (Å²) in [4.78, 5) is 14.3. The number of amides is 2. The average Bonchev–Trinajstić information content (AvgIpc) is 3.41. The minimum absolute atomic E-state index is 0.195. The van der Waals surface area contributed by atoms with Gasteiger partial charge >= 0.3 is 6.03 Å². The molecule has 2 aromatic carbocycles. The van der Waals surface area contributed by atoms with Gasteiger partial charge in [-0.2, -0.15) is 0 Å². The molecule has 1 spiro atoms. The number of benzene rings is 2. The third-order valence-electron chi connectivity index (χ3n) is 6.55. The molecule has 2 aliphatic heterocycles. The van der Waals surface area contributed by atoms with E-state index in [1.165, 1.54) is 22.4 Å². The van der Waals surface area contributed by atoms with Crippen LogP contribution in [0.1, 0.15) is 30.7 Å². The molecule has 3 aromatic rings. The van der Waals surface area contributed by atoms with Crippen LogP contribution in [0.5, 0.6) is 0 Å². The molecule has 0 unspecified atom stereocenters. The molecule has 0 saturated carbocycles. The Morgan fingerprint density at radius 2 is 1.94 bits per heavy atom. The van der Waals surface area contributed by atoms with Crippen molar-refractivity contribution in [2.75, 3.05) is 25.0 Å². The maximum absolute atomic E-state index is 13.3. The van der Waals surface area contributed by atoms with Gasteiger partial charge in [-0.25, -0.2) is 13.9 Å². The van der Waals surface area contributed by atoms with Crippen molar-refractivity contribution in [3.63, 3.8) is 0 Å². The minimum Gasteiger partial charge on any atom is -0.374 e. The molecule has 9 heteroatoms. The number of carbonyl (C=O) groups excluding carboxylic acids is 1. The summed E-state index contributed by atoms with van der Waals surface area (Å²) in [7, 11) is 1.68. The van der Waals surface area contributed by atoms with Gasteiger partial charge in [0.25, 0.3) is 5.95 Å². The second-order valence-corrected chi connectivity index (χ2v) is 8.57.